The monoisotopic (exact) mass is 348 g/mol. The van der Waals surface area contributed by atoms with Crippen molar-refractivity contribution in [2.24, 2.45) is 0 Å². The van der Waals surface area contributed by atoms with E-state index in [1.54, 1.807) is 7.11 Å². The normalized spacial score (nSPS) is 10.3. The maximum absolute atomic E-state index is 12.4. The van der Waals surface area contributed by atoms with Crippen LogP contribution in [0.2, 0.25) is 0 Å². The first-order valence-electron chi connectivity index (χ1n) is 8.17. The van der Waals surface area contributed by atoms with Gasteiger partial charge in [-0.25, -0.2) is 9.97 Å². The van der Waals surface area contributed by atoms with Crippen LogP contribution in [-0.4, -0.2) is 23.0 Å². The van der Waals surface area contributed by atoms with Gasteiger partial charge in [0.25, 0.3) is 5.91 Å². The summed E-state index contributed by atoms with van der Waals surface area (Å²) in [5.41, 5.74) is 3.99. The Bertz CT molecular complexity index is 923. The van der Waals surface area contributed by atoms with Gasteiger partial charge in [-0.05, 0) is 37.6 Å². The summed E-state index contributed by atoms with van der Waals surface area (Å²) in [7, 11) is 1.61. The van der Waals surface area contributed by atoms with Crippen molar-refractivity contribution in [2.75, 3.05) is 17.7 Å². The topological polar surface area (TPSA) is 76.1 Å². The molecule has 6 heteroatoms. The minimum absolute atomic E-state index is 0.251. The van der Waals surface area contributed by atoms with Gasteiger partial charge in [-0.15, -0.1) is 0 Å². The van der Waals surface area contributed by atoms with Crippen LogP contribution in [0.3, 0.4) is 0 Å². The second-order valence-electron chi connectivity index (χ2n) is 5.92. The molecule has 0 atom stereocenters. The lowest BCUT2D eigenvalue weighted by molar-refractivity contribution is 0.102. The number of carbonyl (C=O) groups is 1. The Labute approximate surface area is 152 Å². The van der Waals surface area contributed by atoms with Gasteiger partial charge in [0.15, 0.2) is 0 Å². The molecule has 2 aromatic carbocycles. The van der Waals surface area contributed by atoms with Gasteiger partial charge in [-0.1, -0.05) is 23.8 Å². The van der Waals surface area contributed by atoms with E-state index in [1.807, 2.05) is 56.3 Å². The quantitative estimate of drug-likeness (QED) is 0.726. The fourth-order valence-electron chi connectivity index (χ4n) is 2.50. The predicted molar refractivity (Wildman–Crippen MR) is 102 cm³/mol. The van der Waals surface area contributed by atoms with Gasteiger partial charge < -0.3 is 15.4 Å². The van der Waals surface area contributed by atoms with E-state index >= 15 is 0 Å². The average molecular weight is 348 g/mol. The van der Waals surface area contributed by atoms with Crippen molar-refractivity contribution < 1.29 is 9.53 Å². The number of hydrogen-bond donors (Lipinski definition) is 2. The molecule has 1 amide bonds. The van der Waals surface area contributed by atoms with Crippen LogP contribution in [0.5, 0.6) is 5.75 Å². The van der Waals surface area contributed by atoms with Crippen molar-refractivity contribution in [1.29, 1.82) is 0 Å². The zero-order chi connectivity index (χ0) is 18.5. The molecular formula is C20H20N4O2. The van der Waals surface area contributed by atoms with Gasteiger partial charge in [-0.2, -0.15) is 0 Å². The highest BCUT2D eigenvalue weighted by molar-refractivity contribution is 6.03. The fourth-order valence-corrected chi connectivity index (χ4v) is 2.50. The number of carbonyl (C=O) groups excluding carboxylic acids is 1. The Morgan fingerprint density at radius 3 is 2.58 bits per heavy atom. The van der Waals surface area contributed by atoms with E-state index < -0.39 is 0 Å². The number of aromatic nitrogens is 2. The van der Waals surface area contributed by atoms with Crippen molar-refractivity contribution >= 4 is 23.1 Å². The zero-order valence-electron chi connectivity index (χ0n) is 14.9. The SMILES string of the molecule is COc1cccc(Nc2cnc(C(=O)Nc3ccc(C)cc3C)cn2)c1. The maximum atomic E-state index is 12.4. The molecule has 0 aliphatic carbocycles. The molecule has 1 heterocycles. The van der Waals surface area contributed by atoms with Crippen LogP contribution in [-0.2, 0) is 0 Å². The molecule has 0 saturated carbocycles. The minimum atomic E-state index is -0.294. The second kappa shape index (κ2) is 7.65. The number of anilines is 3. The molecule has 6 nitrogen and oxygen atoms in total. The summed E-state index contributed by atoms with van der Waals surface area (Å²) < 4.78 is 5.19. The summed E-state index contributed by atoms with van der Waals surface area (Å²) in [6.07, 6.45) is 2.97. The minimum Gasteiger partial charge on any atom is -0.497 e. The molecule has 0 saturated heterocycles. The van der Waals surface area contributed by atoms with Crippen LogP contribution in [0, 0.1) is 13.8 Å². The number of amides is 1. The summed E-state index contributed by atoms with van der Waals surface area (Å²) in [6.45, 7) is 3.97. The van der Waals surface area contributed by atoms with Crippen LogP contribution in [0.15, 0.2) is 54.9 Å². The molecule has 0 unspecified atom stereocenters. The number of nitrogens with zero attached hydrogens (tertiary/aromatic N) is 2. The van der Waals surface area contributed by atoms with Gasteiger partial charge in [0, 0.05) is 17.4 Å². The van der Waals surface area contributed by atoms with Gasteiger partial charge in [-0.3, -0.25) is 4.79 Å². The molecule has 3 aromatic rings. The van der Waals surface area contributed by atoms with E-state index in [-0.39, 0.29) is 11.6 Å². The van der Waals surface area contributed by atoms with Crippen LogP contribution in [0.4, 0.5) is 17.2 Å². The lowest BCUT2D eigenvalue weighted by atomic mass is 10.1. The number of aryl methyl sites for hydroxylation is 2. The third-order valence-corrected chi connectivity index (χ3v) is 3.86. The number of nitrogens with one attached hydrogen (secondary N) is 2. The smallest absolute Gasteiger partial charge is 0.275 e. The summed E-state index contributed by atoms with van der Waals surface area (Å²) in [5.74, 6) is 0.992. The highest BCUT2D eigenvalue weighted by Gasteiger charge is 2.10. The van der Waals surface area contributed by atoms with Gasteiger partial charge in [0.1, 0.15) is 17.3 Å². The van der Waals surface area contributed by atoms with Crippen LogP contribution in [0.25, 0.3) is 0 Å². The molecule has 0 fully saturated rings. The standard InChI is InChI=1S/C20H20N4O2/c1-13-7-8-17(14(2)9-13)24-20(25)18-11-22-19(12-21-18)23-15-5-4-6-16(10-15)26-3/h4-12H,1-3H3,(H,22,23)(H,24,25). The van der Waals surface area contributed by atoms with Crippen molar-refractivity contribution in [3.05, 3.63) is 71.7 Å². The van der Waals surface area contributed by atoms with E-state index in [4.69, 9.17) is 4.74 Å². The zero-order valence-corrected chi connectivity index (χ0v) is 14.9. The van der Waals surface area contributed by atoms with E-state index in [0.717, 1.165) is 28.3 Å². The first kappa shape index (κ1) is 17.4. The summed E-state index contributed by atoms with van der Waals surface area (Å²) in [5, 5.41) is 5.98. The maximum Gasteiger partial charge on any atom is 0.275 e. The predicted octanol–water partition coefficient (Wildman–Crippen LogP) is 4.10. The Morgan fingerprint density at radius 2 is 1.88 bits per heavy atom. The molecule has 3 rings (SSSR count). The third kappa shape index (κ3) is 4.16. The lowest BCUT2D eigenvalue weighted by Gasteiger charge is -2.10. The molecule has 0 bridgehead atoms. The highest BCUT2D eigenvalue weighted by Crippen LogP contribution is 2.20. The summed E-state index contributed by atoms with van der Waals surface area (Å²) in [6, 6.07) is 13.3. The molecule has 1 aromatic heterocycles. The van der Waals surface area contributed by atoms with Crippen LogP contribution in [0.1, 0.15) is 21.6 Å². The number of ether oxygens (including phenoxy) is 1. The largest absolute Gasteiger partial charge is 0.497 e. The molecule has 0 radical (unpaired) electrons. The molecule has 0 spiro atoms. The highest BCUT2D eigenvalue weighted by atomic mass is 16.5. The Morgan fingerprint density at radius 1 is 1.04 bits per heavy atom. The van der Waals surface area contributed by atoms with E-state index in [2.05, 4.69) is 20.6 Å². The van der Waals surface area contributed by atoms with Crippen molar-refractivity contribution in [2.45, 2.75) is 13.8 Å². The molecule has 26 heavy (non-hydrogen) atoms. The summed E-state index contributed by atoms with van der Waals surface area (Å²) >= 11 is 0. The number of rotatable bonds is 5. The van der Waals surface area contributed by atoms with Crippen LogP contribution < -0.4 is 15.4 Å². The fraction of sp³-hybridized carbons (Fsp3) is 0.150. The lowest BCUT2D eigenvalue weighted by Crippen LogP contribution is -2.15. The Hall–Kier alpha value is -3.41. The molecule has 0 aliphatic heterocycles. The third-order valence-electron chi connectivity index (χ3n) is 3.86. The van der Waals surface area contributed by atoms with Gasteiger partial charge in [0.2, 0.25) is 0 Å². The van der Waals surface area contributed by atoms with E-state index in [1.165, 1.54) is 12.4 Å². The van der Waals surface area contributed by atoms with Gasteiger partial charge >= 0.3 is 0 Å². The van der Waals surface area contributed by atoms with Crippen LogP contribution >= 0.6 is 0 Å². The summed E-state index contributed by atoms with van der Waals surface area (Å²) in [4.78, 5) is 20.8. The molecule has 132 valence electrons. The second-order valence-corrected chi connectivity index (χ2v) is 5.92. The Kier molecular flexibility index (Phi) is 5.12. The van der Waals surface area contributed by atoms with E-state index in [0.29, 0.717) is 5.82 Å². The van der Waals surface area contributed by atoms with Crippen molar-refractivity contribution in [1.82, 2.24) is 9.97 Å². The molecule has 2 N–H and O–H groups in total. The first-order chi connectivity index (χ1) is 12.5. The van der Waals surface area contributed by atoms with Gasteiger partial charge in [0.05, 0.1) is 19.5 Å². The van der Waals surface area contributed by atoms with Crippen molar-refractivity contribution in [3.63, 3.8) is 0 Å². The van der Waals surface area contributed by atoms with Crippen molar-refractivity contribution in [3.8, 4) is 5.75 Å². The van der Waals surface area contributed by atoms with E-state index in [9.17, 15) is 4.79 Å². The first-order valence-corrected chi connectivity index (χ1v) is 8.17. The number of hydrogen-bond acceptors (Lipinski definition) is 5. The Balaban J connectivity index is 1.69. The number of methoxy groups -OCH3 is 1. The number of benzene rings is 2. The molecular weight excluding hydrogens is 328 g/mol. The molecule has 0 aliphatic rings. The average Bonchev–Trinajstić information content (AvgIpc) is 2.64.